The zero-order valence-electron chi connectivity index (χ0n) is 9.19. The molecular weight excluding hydrogens is 200 g/mol. The van der Waals surface area contributed by atoms with Gasteiger partial charge in [0.1, 0.15) is 6.04 Å². The van der Waals surface area contributed by atoms with Gasteiger partial charge in [-0.25, -0.2) is 4.79 Å². The molecule has 82 valence electrons. The third-order valence-corrected chi connectivity index (χ3v) is 2.19. The van der Waals surface area contributed by atoms with E-state index in [4.69, 9.17) is 0 Å². The molecule has 0 aromatic carbocycles. The van der Waals surface area contributed by atoms with Gasteiger partial charge in [0.25, 0.3) is 0 Å². The number of hydrogen-bond acceptors (Lipinski definition) is 4. The number of carbonyl (C=O) groups excluding carboxylic acids is 1. The van der Waals surface area contributed by atoms with E-state index >= 15 is 0 Å². The molecule has 4 nitrogen and oxygen atoms in total. The van der Waals surface area contributed by atoms with E-state index in [1.54, 1.807) is 23.0 Å². The number of rotatable bonds is 6. The van der Waals surface area contributed by atoms with Gasteiger partial charge in [-0.15, -0.1) is 0 Å². The number of carbonyl (C=O) groups is 1. The summed E-state index contributed by atoms with van der Waals surface area (Å²) in [6, 6.07) is -0.366. The first-order valence-electron chi connectivity index (χ1n) is 4.38. The van der Waals surface area contributed by atoms with Gasteiger partial charge in [-0.1, -0.05) is 0 Å². The van der Waals surface area contributed by atoms with Crippen LogP contribution in [-0.2, 0) is 9.53 Å². The predicted octanol–water partition coefficient (Wildman–Crippen LogP) is 0.871. The number of ether oxygens (including phenoxy) is 1. The average Bonchev–Trinajstić information content (AvgIpc) is 2.16. The molecule has 0 rings (SSSR count). The molecule has 0 spiro atoms. The van der Waals surface area contributed by atoms with E-state index in [-0.39, 0.29) is 12.0 Å². The molecule has 0 amide bonds. The third-order valence-electron chi connectivity index (χ3n) is 1.55. The van der Waals surface area contributed by atoms with E-state index < -0.39 is 0 Å². The minimum absolute atomic E-state index is 0.267. The molecule has 0 aliphatic rings. The lowest BCUT2D eigenvalue weighted by atomic mass is 10.2. The van der Waals surface area contributed by atoms with Crippen molar-refractivity contribution in [3.63, 3.8) is 0 Å². The minimum atomic E-state index is -0.366. The topological polar surface area (TPSA) is 41.9 Å². The van der Waals surface area contributed by atoms with Crippen molar-refractivity contribution >= 4 is 24.1 Å². The number of esters is 1. The van der Waals surface area contributed by atoms with Gasteiger partial charge in [0.2, 0.25) is 0 Å². The highest BCUT2D eigenvalue weighted by Gasteiger charge is 2.16. The maximum Gasteiger partial charge on any atom is 0.330 e. The van der Waals surface area contributed by atoms with Crippen molar-refractivity contribution in [2.45, 2.75) is 12.5 Å². The van der Waals surface area contributed by atoms with Crippen LogP contribution in [0.3, 0.4) is 0 Å². The molecule has 0 saturated heterocycles. The summed E-state index contributed by atoms with van der Waals surface area (Å²) in [6.45, 7) is 0. The lowest BCUT2D eigenvalue weighted by Crippen LogP contribution is -2.23. The van der Waals surface area contributed by atoms with Crippen molar-refractivity contribution in [2.24, 2.45) is 4.99 Å². The molecular formula is C9H18N2O2S. The Kier molecular flexibility index (Phi) is 7.28. The molecule has 1 atom stereocenters. The van der Waals surface area contributed by atoms with Crippen LogP contribution in [0.4, 0.5) is 0 Å². The molecule has 0 aliphatic carbocycles. The Labute approximate surface area is 89.7 Å². The molecule has 5 heteroatoms. The van der Waals surface area contributed by atoms with Crippen molar-refractivity contribution < 1.29 is 9.53 Å². The fraction of sp³-hybridized carbons (Fsp3) is 0.778. The van der Waals surface area contributed by atoms with Gasteiger partial charge in [0, 0.05) is 14.1 Å². The van der Waals surface area contributed by atoms with Crippen LogP contribution in [0.2, 0.25) is 0 Å². The molecule has 0 aliphatic heterocycles. The molecule has 0 fully saturated rings. The van der Waals surface area contributed by atoms with Crippen LogP contribution >= 0.6 is 11.8 Å². The number of nitrogens with zero attached hydrogens (tertiary/aromatic N) is 2. The summed E-state index contributed by atoms with van der Waals surface area (Å²) >= 11 is 1.70. The van der Waals surface area contributed by atoms with Gasteiger partial charge in [-0.3, -0.25) is 4.99 Å². The van der Waals surface area contributed by atoms with E-state index in [1.807, 2.05) is 20.4 Å². The fourth-order valence-corrected chi connectivity index (χ4v) is 1.29. The van der Waals surface area contributed by atoms with Gasteiger partial charge < -0.3 is 9.64 Å². The summed E-state index contributed by atoms with van der Waals surface area (Å²) in [7, 11) is 5.12. The summed E-state index contributed by atoms with van der Waals surface area (Å²) in [6.07, 6.45) is 4.37. The second kappa shape index (κ2) is 7.67. The Balaban J connectivity index is 4.17. The highest BCUT2D eigenvalue weighted by atomic mass is 32.2. The Morgan fingerprint density at radius 1 is 1.64 bits per heavy atom. The van der Waals surface area contributed by atoms with E-state index in [0.717, 1.165) is 12.2 Å². The van der Waals surface area contributed by atoms with Crippen molar-refractivity contribution in [3.8, 4) is 0 Å². The molecule has 0 heterocycles. The van der Waals surface area contributed by atoms with E-state index in [1.165, 1.54) is 7.11 Å². The van der Waals surface area contributed by atoms with Gasteiger partial charge in [0.05, 0.1) is 13.4 Å². The zero-order valence-corrected chi connectivity index (χ0v) is 10.0. The first kappa shape index (κ1) is 13.3. The Morgan fingerprint density at radius 2 is 2.29 bits per heavy atom. The van der Waals surface area contributed by atoms with Crippen molar-refractivity contribution in [1.29, 1.82) is 0 Å². The molecule has 1 unspecified atom stereocenters. The smallest absolute Gasteiger partial charge is 0.330 e. The fourth-order valence-electron chi connectivity index (χ4n) is 0.833. The molecule has 0 bridgehead atoms. The average molecular weight is 218 g/mol. The Bertz CT molecular complexity index is 195. The summed E-state index contributed by atoms with van der Waals surface area (Å²) in [4.78, 5) is 17.2. The molecule has 0 N–H and O–H groups in total. The summed E-state index contributed by atoms with van der Waals surface area (Å²) in [5.74, 6) is 0.641. The van der Waals surface area contributed by atoms with Crippen LogP contribution in [-0.4, -0.2) is 56.5 Å². The van der Waals surface area contributed by atoms with Crippen molar-refractivity contribution in [1.82, 2.24) is 4.90 Å². The first-order chi connectivity index (χ1) is 6.61. The molecule has 0 aromatic heterocycles. The molecule has 0 saturated carbocycles. The quantitative estimate of drug-likeness (QED) is 0.377. The Hall–Kier alpha value is -0.710. The lowest BCUT2D eigenvalue weighted by molar-refractivity contribution is -0.142. The number of aliphatic imine (C=N–C) groups is 1. The van der Waals surface area contributed by atoms with Gasteiger partial charge in [0.15, 0.2) is 0 Å². The first-order valence-corrected chi connectivity index (χ1v) is 5.77. The zero-order chi connectivity index (χ0) is 11.0. The van der Waals surface area contributed by atoms with E-state index in [2.05, 4.69) is 9.73 Å². The van der Waals surface area contributed by atoms with E-state index in [0.29, 0.717) is 0 Å². The summed E-state index contributed by atoms with van der Waals surface area (Å²) < 4.78 is 4.66. The van der Waals surface area contributed by atoms with Gasteiger partial charge >= 0.3 is 5.97 Å². The van der Waals surface area contributed by atoms with Crippen LogP contribution in [0, 0.1) is 0 Å². The molecule has 14 heavy (non-hydrogen) atoms. The monoisotopic (exact) mass is 218 g/mol. The highest BCUT2D eigenvalue weighted by molar-refractivity contribution is 7.98. The second-order valence-corrected chi connectivity index (χ2v) is 4.03. The normalized spacial score (nSPS) is 12.9. The van der Waals surface area contributed by atoms with Crippen molar-refractivity contribution in [2.75, 3.05) is 33.2 Å². The molecule has 0 aromatic rings. The number of thioether (sulfide) groups is 1. The van der Waals surface area contributed by atoms with Crippen LogP contribution in [0.25, 0.3) is 0 Å². The minimum Gasteiger partial charge on any atom is -0.467 e. The second-order valence-electron chi connectivity index (χ2n) is 3.05. The standard InChI is InChI=1S/C9H18N2O2S/c1-11(2)7-10-8(5-6-14-4)9(12)13-3/h7-8H,5-6H2,1-4H3. The third kappa shape index (κ3) is 5.85. The number of methoxy groups -OCH3 is 1. The maximum absolute atomic E-state index is 11.3. The van der Waals surface area contributed by atoms with Gasteiger partial charge in [-0.05, 0) is 18.4 Å². The Morgan fingerprint density at radius 3 is 2.71 bits per heavy atom. The van der Waals surface area contributed by atoms with Crippen LogP contribution in [0.1, 0.15) is 6.42 Å². The summed E-state index contributed by atoms with van der Waals surface area (Å²) in [5.41, 5.74) is 0. The lowest BCUT2D eigenvalue weighted by Gasteiger charge is -2.10. The highest BCUT2D eigenvalue weighted by Crippen LogP contribution is 2.05. The van der Waals surface area contributed by atoms with Crippen LogP contribution in [0.5, 0.6) is 0 Å². The van der Waals surface area contributed by atoms with Crippen molar-refractivity contribution in [3.05, 3.63) is 0 Å². The van der Waals surface area contributed by atoms with Crippen LogP contribution < -0.4 is 0 Å². The van der Waals surface area contributed by atoms with E-state index in [9.17, 15) is 4.79 Å². The largest absolute Gasteiger partial charge is 0.467 e. The van der Waals surface area contributed by atoms with Crippen LogP contribution in [0.15, 0.2) is 4.99 Å². The molecule has 0 radical (unpaired) electrons. The SMILES string of the molecule is COC(=O)C(CCSC)N=CN(C)C. The predicted molar refractivity (Wildman–Crippen MR) is 61.0 cm³/mol. The van der Waals surface area contributed by atoms with Gasteiger partial charge in [-0.2, -0.15) is 11.8 Å². The summed E-state index contributed by atoms with van der Waals surface area (Å²) in [5, 5.41) is 0. The maximum atomic E-state index is 11.3. The number of hydrogen-bond donors (Lipinski definition) is 0.